The summed E-state index contributed by atoms with van der Waals surface area (Å²) >= 11 is 0. The zero-order valence-electron chi connectivity index (χ0n) is 15.3. The fourth-order valence-corrected chi connectivity index (χ4v) is 3.35. The van der Waals surface area contributed by atoms with Crippen molar-refractivity contribution in [2.75, 3.05) is 13.2 Å². The summed E-state index contributed by atoms with van der Waals surface area (Å²) in [5, 5.41) is 11.1. The second kappa shape index (κ2) is 8.57. The minimum atomic E-state index is -1.27. The first-order valence-electron chi connectivity index (χ1n) is 8.61. The van der Waals surface area contributed by atoms with Crippen molar-refractivity contribution in [2.45, 2.75) is 26.7 Å². The van der Waals surface area contributed by atoms with Gasteiger partial charge < -0.3 is 9.47 Å². The highest BCUT2D eigenvalue weighted by Crippen LogP contribution is 2.42. The van der Waals surface area contributed by atoms with Crippen molar-refractivity contribution in [3.05, 3.63) is 51.6 Å². The van der Waals surface area contributed by atoms with Gasteiger partial charge in [0, 0.05) is 18.1 Å². The van der Waals surface area contributed by atoms with E-state index in [-0.39, 0.29) is 18.9 Å². The first kappa shape index (κ1) is 20.3. The molecule has 0 saturated carbocycles. The zero-order valence-corrected chi connectivity index (χ0v) is 15.3. The van der Waals surface area contributed by atoms with E-state index in [0.717, 1.165) is 0 Å². The molecule has 8 heteroatoms. The highest BCUT2D eigenvalue weighted by molar-refractivity contribution is 6.08. The second-order valence-corrected chi connectivity index (χ2v) is 6.13. The maximum atomic E-state index is 12.6. The van der Waals surface area contributed by atoms with E-state index in [0.29, 0.717) is 11.1 Å². The average Bonchev–Trinajstić information content (AvgIpc) is 2.61. The molecule has 0 aromatic heterocycles. The van der Waals surface area contributed by atoms with Gasteiger partial charge in [-0.2, -0.15) is 0 Å². The van der Waals surface area contributed by atoms with Crippen LogP contribution in [0.25, 0.3) is 0 Å². The number of allylic oxidation sites excluding steroid dienone is 1. The molecule has 0 heterocycles. The lowest BCUT2D eigenvalue weighted by atomic mass is 9.68. The molecule has 0 amide bonds. The van der Waals surface area contributed by atoms with Crippen molar-refractivity contribution < 1.29 is 28.8 Å². The molecular formula is C19H21NO7. The molecule has 2 rings (SSSR count). The third kappa shape index (κ3) is 4.21. The van der Waals surface area contributed by atoms with Crippen molar-refractivity contribution in [2.24, 2.45) is 11.8 Å². The smallest absolute Gasteiger partial charge is 0.317 e. The van der Waals surface area contributed by atoms with E-state index in [9.17, 15) is 24.5 Å². The van der Waals surface area contributed by atoms with Crippen molar-refractivity contribution in [1.29, 1.82) is 0 Å². The predicted molar refractivity (Wildman–Crippen MR) is 94.8 cm³/mol. The number of esters is 2. The summed E-state index contributed by atoms with van der Waals surface area (Å²) in [5.74, 6) is -4.99. The lowest BCUT2D eigenvalue weighted by Gasteiger charge is -2.34. The molecule has 0 radical (unpaired) electrons. The zero-order chi connectivity index (χ0) is 20.1. The monoisotopic (exact) mass is 375 g/mol. The third-order valence-electron chi connectivity index (χ3n) is 4.43. The number of hydrogen-bond acceptors (Lipinski definition) is 7. The Morgan fingerprint density at radius 1 is 1.11 bits per heavy atom. The highest BCUT2D eigenvalue weighted by atomic mass is 16.6. The molecule has 27 heavy (non-hydrogen) atoms. The molecule has 0 N–H and O–H groups in total. The molecule has 0 bridgehead atoms. The first-order chi connectivity index (χ1) is 12.8. The van der Waals surface area contributed by atoms with Crippen molar-refractivity contribution in [1.82, 2.24) is 0 Å². The molecular weight excluding hydrogens is 354 g/mol. The molecule has 0 unspecified atom stereocenters. The highest BCUT2D eigenvalue weighted by Gasteiger charge is 2.48. The van der Waals surface area contributed by atoms with Crippen LogP contribution in [0.1, 0.15) is 32.3 Å². The van der Waals surface area contributed by atoms with E-state index in [4.69, 9.17) is 9.47 Å². The fourth-order valence-electron chi connectivity index (χ4n) is 3.35. The number of carbonyl (C=O) groups is 3. The van der Waals surface area contributed by atoms with Crippen molar-refractivity contribution in [3.8, 4) is 0 Å². The van der Waals surface area contributed by atoms with Crippen LogP contribution in [0.2, 0.25) is 0 Å². The third-order valence-corrected chi connectivity index (χ3v) is 4.43. The van der Waals surface area contributed by atoms with Gasteiger partial charge in [0.05, 0.1) is 24.1 Å². The van der Waals surface area contributed by atoms with Gasteiger partial charge >= 0.3 is 11.9 Å². The molecule has 3 atom stereocenters. The Morgan fingerprint density at radius 2 is 1.70 bits per heavy atom. The molecule has 0 fully saturated rings. The number of ether oxygens (including phenoxy) is 2. The molecule has 1 aliphatic carbocycles. The molecule has 0 spiro atoms. The van der Waals surface area contributed by atoms with E-state index in [1.165, 1.54) is 24.3 Å². The standard InChI is InChI=1S/C19H21NO7/c1-4-26-18(22)15-11(3)9-14(21)17(19(23)27-5-2)16(15)12-7-6-8-13(10-12)20(24)25/h6-10,15-17H,4-5H2,1-3H3/t15-,16-,17+/m0/s1. The quantitative estimate of drug-likeness (QED) is 0.325. The van der Waals surface area contributed by atoms with Gasteiger partial charge in [0.1, 0.15) is 5.92 Å². The number of nitrogens with zero attached hydrogens (tertiary/aromatic N) is 1. The van der Waals surface area contributed by atoms with Crippen LogP contribution in [0.5, 0.6) is 0 Å². The van der Waals surface area contributed by atoms with Crippen molar-refractivity contribution in [3.63, 3.8) is 0 Å². The number of benzene rings is 1. The largest absolute Gasteiger partial charge is 0.466 e. The Morgan fingerprint density at radius 3 is 2.26 bits per heavy atom. The van der Waals surface area contributed by atoms with Gasteiger partial charge in [-0.05, 0) is 32.4 Å². The van der Waals surface area contributed by atoms with Crippen LogP contribution in [-0.4, -0.2) is 35.9 Å². The van der Waals surface area contributed by atoms with Gasteiger partial charge in [-0.3, -0.25) is 24.5 Å². The summed E-state index contributed by atoms with van der Waals surface area (Å²) < 4.78 is 10.2. The minimum absolute atomic E-state index is 0.0665. The Hall–Kier alpha value is -3.03. The normalized spacial score (nSPS) is 22.0. The summed E-state index contributed by atoms with van der Waals surface area (Å²) in [5.41, 5.74) is 0.578. The molecule has 0 aliphatic heterocycles. The van der Waals surface area contributed by atoms with Crippen LogP contribution in [0.15, 0.2) is 35.9 Å². The summed E-state index contributed by atoms with van der Waals surface area (Å²) in [4.78, 5) is 48.2. The fraction of sp³-hybridized carbons (Fsp3) is 0.421. The van der Waals surface area contributed by atoms with Crippen LogP contribution >= 0.6 is 0 Å². The Balaban J connectivity index is 2.63. The molecule has 0 saturated heterocycles. The van der Waals surface area contributed by atoms with Gasteiger partial charge in [0.15, 0.2) is 5.78 Å². The van der Waals surface area contributed by atoms with Crippen LogP contribution in [0.4, 0.5) is 5.69 Å². The van der Waals surface area contributed by atoms with Crippen LogP contribution in [-0.2, 0) is 23.9 Å². The van der Waals surface area contributed by atoms with Gasteiger partial charge in [-0.1, -0.05) is 17.7 Å². The van der Waals surface area contributed by atoms with E-state index in [1.54, 1.807) is 26.8 Å². The predicted octanol–water partition coefficient (Wildman–Crippen LogP) is 2.57. The number of nitro groups is 1. The maximum absolute atomic E-state index is 12.6. The summed E-state index contributed by atoms with van der Waals surface area (Å²) in [6.07, 6.45) is 1.25. The van der Waals surface area contributed by atoms with Crippen LogP contribution in [0.3, 0.4) is 0 Å². The molecule has 8 nitrogen and oxygen atoms in total. The topological polar surface area (TPSA) is 113 Å². The Labute approximate surface area is 156 Å². The SMILES string of the molecule is CCOC(=O)[C@@H]1C(=O)C=C(C)[C@H](C(=O)OCC)[C@@H]1c1cccc([N+](=O)[O-])c1. The number of rotatable bonds is 6. The van der Waals surface area contributed by atoms with Gasteiger partial charge in [0.25, 0.3) is 5.69 Å². The Bertz CT molecular complexity index is 799. The minimum Gasteiger partial charge on any atom is -0.466 e. The van der Waals surface area contributed by atoms with E-state index < -0.39 is 40.4 Å². The number of non-ortho nitro benzene ring substituents is 1. The number of carbonyl (C=O) groups excluding carboxylic acids is 3. The average molecular weight is 375 g/mol. The number of ketones is 1. The van der Waals surface area contributed by atoms with Gasteiger partial charge in [-0.25, -0.2) is 0 Å². The van der Waals surface area contributed by atoms with Crippen LogP contribution in [0, 0.1) is 22.0 Å². The number of hydrogen-bond donors (Lipinski definition) is 0. The van der Waals surface area contributed by atoms with Crippen molar-refractivity contribution >= 4 is 23.4 Å². The van der Waals surface area contributed by atoms with Crippen LogP contribution < -0.4 is 0 Å². The maximum Gasteiger partial charge on any atom is 0.317 e. The Kier molecular flexibility index (Phi) is 6.44. The van der Waals surface area contributed by atoms with E-state index in [2.05, 4.69) is 0 Å². The first-order valence-corrected chi connectivity index (χ1v) is 8.61. The molecule has 144 valence electrons. The van der Waals surface area contributed by atoms with E-state index in [1.807, 2.05) is 0 Å². The molecule has 1 aliphatic rings. The van der Waals surface area contributed by atoms with Gasteiger partial charge in [0.2, 0.25) is 0 Å². The molecule has 1 aromatic rings. The summed E-state index contributed by atoms with van der Waals surface area (Å²) in [7, 11) is 0. The van der Waals surface area contributed by atoms with Gasteiger partial charge in [-0.15, -0.1) is 0 Å². The number of nitro benzene ring substituents is 1. The summed E-state index contributed by atoms with van der Waals surface area (Å²) in [6.45, 7) is 5.05. The lowest BCUT2D eigenvalue weighted by Crippen LogP contribution is -2.41. The summed E-state index contributed by atoms with van der Waals surface area (Å²) in [6, 6.07) is 5.59. The molecule has 1 aromatic carbocycles. The van der Waals surface area contributed by atoms with E-state index >= 15 is 0 Å². The second-order valence-electron chi connectivity index (χ2n) is 6.13. The lowest BCUT2D eigenvalue weighted by molar-refractivity contribution is -0.384.